The molecule has 8 heterocycles. The SMILES string of the molecule is C[C@@H]1Cc2c(ccc3[nH]ncc23)[C@H](c2ccc(N3CCC4(CC3)CC(CN3CCN5c6ccc7c(c6OC[C@H]5C3)CN([C@H]3CCC(=O)NC3=O)C7=O)C4)nc2)N1CC(F)(F)F. The Morgan fingerprint density at radius 2 is 1.79 bits per heavy atom. The molecule has 4 aromatic rings. The molecule has 2 aromatic heterocycles. The molecule has 0 bridgehead atoms. The number of imide groups is 1. The van der Waals surface area contributed by atoms with Gasteiger partial charge in [0.05, 0.1) is 42.6 Å². The molecule has 3 amide bonds. The number of rotatable bonds is 6. The zero-order valence-corrected chi connectivity index (χ0v) is 34.2. The number of aromatic nitrogens is 3. The van der Waals surface area contributed by atoms with Crippen molar-refractivity contribution in [1.82, 2.24) is 35.2 Å². The number of anilines is 2. The fraction of sp³-hybridized carbons (Fsp3) is 0.533. The molecule has 4 atom stereocenters. The highest BCUT2D eigenvalue weighted by Crippen LogP contribution is 2.53. The van der Waals surface area contributed by atoms with Crippen molar-refractivity contribution in [2.45, 2.75) is 88.8 Å². The van der Waals surface area contributed by atoms with E-state index in [0.29, 0.717) is 42.9 Å². The number of piperazine rings is 1. The highest BCUT2D eigenvalue weighted by atomic mass is 19.4. The molecule has 6 aliphatic heterocycles. The van der Waals surface area contributed by atoms with Crippen molar-refractivity contribution in [2.75, 3.05) is 62.2 Å². The summed E-state index contributed by atoms with van der Waals surface area (Å²) in [6, 6.07) is 10.4. The van der Waals surface area contributed by atoms with Gasteiger partial charge in [0, 0.05) is 74.4 Å². The van der Waals surface area contributed by atoms with Gasteiger partial charge < -0.3 is 19.4 Å². The van der Waals surface area contributed by atoms with Crippen LogP contribution >= 0.6 is 0 Å². The fourth-order valence-corrected chi connectivity index (χ4v) is 12.0. The van der Waals surface area contributed by atoms with Gasteiger partial charge in [-0.2, -0.15) is 18.3 Å². The fourth-order valence-electron chi connectivity index (χ4n) is 12.0. The molecule has 2 aromatic carbocycles. The molecule has 61 heavy (non-hydrogen) atoms. The zero-order valence-electron chi connectivity index (χ0n) is 34.2. The van der Waals surface area contributed by atoms with Crippen molar-refractivity contribution in [3.05, 3.63) is 76.6 Å². The molecule has 0 unspecified atom stereocenters. The van der Waals surface area contributed by atoms with E-state index < -0.39 is 30.7 Å². The minimum absolute atomic E-state index is 0.187. The Labute approximate surface area is 351 Å². The lowest BCUT2D eigenvalue weighted by atomic mass is 9.57. The van der Waals surface area contributed by atoms with Gasteiger partial charge >= 0.3 is 6.18 Å². The Hall–Kier alpha value is -5.22. The second-order valence-electron chi connectivity index (χ2n) is 18.7. The summed E-state index contributed by atoms with van der Waals surface area (Å²) in [6.45, 7) is 7.40. The monoisotopic (exact) mass is 837 g/mol. The lowest BCUT2D eigenvalue weighted by molar-refractivity contribution is -0.155. The van der Waals surface area contributed by atoms with Crippen LogP contribution in [0.3, 0.4) is 0 Å². The first-order valence-corrected chi connectivity index (χ1v) is 21.8. The molecular formula is C45H50F3N9O4. The van der Waals surface area contributed by atoms with Crippen molar-refractivity contribution in [2.24, 2.45) is 11.3 Å². The van der Waals surface area contributed by atoms with Crippen molar-refractivity contribution < 1.29 is 32.3 Å². The number of fused-ring (bicyclic) bond motifs is 8. The number of halogens is 3. The van der Waals surface area contributed by atoms with E-state index in [1.165, 1.54) is 12.8 Å². The summed E-state index contributed by atoms with van der Waals surface area (Å²) in [5.74, 6) is 1.38. The molecule has 1 aliphatic carbocycles. The first-order chi connectivity index (χ1) is 29.4. The number of carbonyl (C=O) groups excluding carboxylic acids is 3. The second-order valence-corrected chi connectivity index (χ2v) is 18.7. The topological polar surface area (TPSA) is 130 Å². The molecular weight excluding hydrogens is 788 g/mol. The minimum Gasteiger partial charge on any atom is -0.489 e. The van der Waals surface area contributed by atoms with Gasteiger partial charge in [-0.25, -0.2) is 4.98 Å². The first kappa shape index (κ1) is 38.7. The van der Waals surface area contributed by atoms with Gasteiger partial charge in [-0.3, -0.25) is 34.6 Å². The van der Waals surface area contributed by atoms with E-state index in [1.54, 1.807) is 22.2 Å². The largest absolute Gasteiger partial charge is 0.489 e. The molecule has 3 saturated heterocycles. The van der Waals surface area contributed by atoms with Gasteiger partial charge in [0.2, 0.25) is 11.8 Å². The maximum atomic E-state index is 13.9. The predicted molar refractivity (Wildman–Crippen MR) is 220 cm³/mol. The molecule has 13 nitrogen and oxygen atoms in total. The first-order valence-electron chi connectivity index (χ1n) is 21.8. The van der Waals surface area contributed by atoms with Crippen LogP contribution in [0.1, 0.15) is 84.1 Å². The summed E-state index contributed by atoms with van der Waals surface area (Å²) in [6.07, 6.45) is 4.97. The van der Waals surface area contributed by atoms with Crippen LogP contribution in [0.25, 0.3) is 10.9 Å². The number of H-pyrrole nitrogens is 1. The number of benzene rings is 2. The summed E-state index contributed by atoms with van der Waals surface area (Å²) in [5.41, 5.74) is 6.36. The molecule has 7 aliphatic rings. The highest BCUT2D eigenvalue weighted by molar-refractivity contribution is 6.06. The Morgan fingerprint density at radius 1 is 0.951 bits per heavy atom. The van der Waals surface area contributed by atoms with Gasteiger partial charge in [-0.1, -0.05) is 12.1 Å². The number of piperidine rings is 2. The number of nitrogens with one attached hydrogen (secondary N) is 2. The lowest BCUT2D eigenvalue weighted by Gasteiger charge is -2.54. The molecule has 320 valence electrons. The number of aromatic amines is 1. The Morgan fingerprint density at radius 3 is 2.56 bits per heavy atom. The number of amides is 3. The van der Waals surface area contributed by atoms with E-state index >= 15 is 0 Å². The van der Waals surface area contributed by atoms with Gasteiger partial charge in [-0.05, 0) is 97.7 Å². The lowest BCUT2D eigenvalue weighted by Crippen LogP contribution is -2.59. The smallest absolute Gasteiger partial charge is 0.401 e. The van der Waals surface area contributed by atoms with E-state index in [0.717, 1.165) is 103 Å². The van der Waals surface area contributed by atoms with Crippen LogP contribution in [0.4, 0.5) is 24.7 Å². The van der Waals surface area contributed by atoms with E-state index in [9.17, 15) is 27.6 Å². The summed E-state index contributed by atoms with van der Waals surface area (Å²) >= 11 is 0. The van der Waals surface area contributed by atoms with Crippen molar-refractivity contribution >= 4 is 40.1 Å². The summed E-state index contributed by atoms with van der Waals surface area (Å²) < 4.78 is 48.2. The van der Waals surface area contributed by atoms with E-state index in [-0.39, 0.29) is 30.3 Å². The quantitative estimate of drug-likeness (QED) is 0.250. The van der Waals surface area contributed by atoms with E-state index in [1.807, 2.05) is 43.3 Å². The van der Waals surface area contributed by atoms with Crippen LogP contribution in [0.15, 0.2) is 48.8 Å². The van der Waals surface area contributed by atoms with Crippen LogP contribution in [-0.4, -0.2) is 124 Å². The number of hydrogen-bond donors (Lipinski definition) is 2. The predicted octanol–water partition coefficient (Wildman–Crippen LogP) is 5.20. The molecule has 0 radical (unpaired) electrons. The van der Waals surface area contributed by atoms with Crippen LogP contribution in [-0.2, 0) is 22.6 Å². The summed E-state index contributed by atoms with van der Waals surface area (Å²) in [4.78, 5) is 53.1. The van der Waals surface area contributed by atoms with Crippen LogP contribution in [0, 0.1) is 11.3 Å². The van der Waals surface area contributed by atoms with Crippen LogP contribution in [0.5, 0.6) is 5.75 Å². The minimum atomic E-state index is -4.33. The average Bonchev–Trinajstić information content (AvgIpc) is 3.85. The molecule has 4 fully saturated rings. The van der Waals surface area contributed by atoms with E-state index in [4.69, 9.17) is 9.72 Å². The maximum Gasteiger partial charge on any atom is 0.401 e. The van der Waals surface area contributed by atoms with E-state index in [2.05, 4.69) is 30.2 Å². The number of pyridine rings is 1. The molecule has 1 spiro atoms. The number of carbonyl (C=O) groups is 3. The molecule has 1 saturated carbocycles. The third-order valence-corrected chi connectivity index (χ3v) is 15.0. The van der Waals surface area contributed by atoms with Gasteiger partial charge in [-0.15, -0.1) is 0 Å². The third kappa shape index (κ3) is 6.71. The molecule has 11 rings (SSSR count). The van der Waals surface area contributed by atoms with Crippen molar-refractivity contribution in [1.29, 1.82) is 0 Å². The summed E-state index contributed by atoms with van der Waals surface area (Å²) in [5, 5.41) is 10.5. The standard InChI is InChI=1S/C45H50F3N9O4/c1-26-16-32-30(3-5-35-33(32)20-50-52-35)40(57(26)25-45(46,47)48)28-2-8-38(49-19-28)54-12-10-44(11-13-54)17-27(18-44)21-53-14-15-55-29(22-53)24-61-41-34-23-56(37-7-9-39(58)51-42(37)59)43(60)31(34)4-6-36(41)55/h2-6,8,19-20,26-27,29,37,40H,7,9-18,21-25H2,1H3,(H,50,52)(H,51,58,59)/t26-,29-,37+,40+/m1/s1. The highest BCUT2D eigenvalue weighted by Gasteiger charge is 2.48. The van der Waals surface area contributed by atoms with Crippen molar-refractivity contribution in [3.8, 4) is 5.75 Å². The molecule has 2 N–H and O–H groups in total. The Balaban J connectivity index is 0.694. The van der Waals surface area contributed by atoms with Gasteiger partial charge in [0.1, 0.15) is 24.2 Å². The number of nitrogens with zero attached hydrogens (tertiary/aromatic N) is 7. The third-order valence-electron chi connectivity index (χ3n) is 15.0. The Bertz CT molecular complexity index is 2410. The molecule has 16 heteroatoms. The second kappa shape index (κ2) is 14.4. The normalized spacial score (nSPS) is 26.8. The van der Waals surface area contributed by atoms with Crippen molar-refractivity contribution in [3.63, 3.8) is 0 Å². The zero-order chi connectivity index (χ0) is 41.8. The summed E-state index contributed by atoms with van der Waals surface area (Å²) in [7, 11) is 0. The van der Waals surface area contributed by atoms with Crippen LogP contribution in [0.2, 0.25) is 0 Å². The average molecular weight is 838 g/mol. The maximum absolute atomic E-state index is 13.9. The number of hydrogen-bond acceptors (Lipinski definition) is 10. The Kier molecular flexibility index (Phi) is 9.15. The van der Waals surface area contributed by atoms with Gasteiger partial charge in [0.25, 0.3) is 5.91 Å². The number of alkyl halides is 3. The number of ether oxygens (including phenoxy) is 1. The van der Waals surface area contributed by atoms with Gasteiger partial charge in [0.15, 0.2) is 0 Å². The van der Waals surface area contributed by atoms with Crippen LogP contribution < -0.4 is 19.9 Å².